The van der Waals surface area contributed by atoms with Gasteiger partial charge in [-0.2, -0.15) is 0 Å². The van der Waals surface area contributed by atoms with E-state index in [1.165, 1.54) is 35.8 Å². The first-order chi connectivity index (χ1) is 8.86. The first kappa shape index (κ1) is 12.4. The fraction of sp³-hybridized carbons (Fsp3) is 0.769. The Balaban J connectivity index is 1.53. The maximum Gasteiger partial charge on any atom is 0.185 e. The van der Waals surface area contributed by atoms with Gasteiger partial charge in [0.05, 0.1) is 6.61 Å². The molecule has 1 saturated carbocycles. The summed E-state index contributed by atoms with van der Waals surface area (Å²) in [6.45, 7) is 3.80. The summed E-state index contributed by atoms with van der Waals surface area (Å²) in [6, 6.07) is 0.774. The van der Waals surface area contributed by atoms with Crippen LogP contribution in [0, 0.1) is 5.92 Å². The fourth-order valence-corrected chi connectivity index (χ4v) is 4.02. The third kappa shape index (κ3) is 2.53. The van der Waals surface area contributed by atoms with Gasteiger partial charge in [-0.05, 0) is 25.2 Å². The second-order valence-electron chi connectivity index (χ2n) is 5.26. The minimum Gasteiger partial charge on any atom is -0.383 e. The molecule has 1 aromatic rings. The summed E-state index contributed by atoms with van der Waals surface area (Å²) in [5.41, 5.74) is 0. The number of hydrogen-bond acceptors (Lipinski definition) is 5. The largest absolute Gasteiger partial charge is 0.383 e. The lowest BCUT2D eigenvalue weighted by Crippen LogP contribution is -2.31. The highest BCUT2D eigenvalue weighted by Gasteiger charge is 2.38. The van der Waals surface area contributed by atoms with E-state index < -0.39 is 0 Å². The molecule has 5 heteroatoms. The number of nitrogens with one attached hydrogen (secondary N) is 1. The van der Waals surface area contributed by atoms with Crippen LogP contribution in [0.5, 0.6) is 0 Å². The summed E-state index contributed by atoms with van der Waals surface area (Å²) in [7, 11) is 1.73. The van der Waals surface area contributed by atoms with Gasteiger partial charge in [-0.15, -0.1) is 11.3 Å². The van der Waals surface area contributed by atoms with Crippen molar-refractivity contribution in [1.29, 1.82) is 0 Å². The molecule has 1 aliphatic carbocycles. The zero-order valence-electron chi connectivity index (χ0n) is 10.9. The van der Waals surface area contributed by atoms with Crippen LogP contribution in [-0.2, 0) is 11.3 Å². The third-order valence-electron chi connectivity index (χ3n) is 3.98. The maximum absolute atomic E-state index is 5.02. The van der Waals surface area contributed by atoms with E-state index >= 15 is 0 Å². The van der Waals surface area contributed by atoms with Crippen LogP contribution >= 0.6 is 11.3 Å². The van der Waals surface area contributed by atoms with Crippen LogP contribution in [0.3, 0.4) is 0 Å². The summed E-state index contributed by atoms with van der Waals surface area (Å²) in [4.78, 5) is 8.44. The van der Waals surface area contributed by atoms with Crippen LogP contribution in [0.1, 0.15) is 24.1 Å². The number of piperidine rings is 1. The van der Waals surface area contributed by atoms with E-state index in [4.69, 9.17) is 4.74 Å². The standard InChI is InChI=1S/C13H21N3OS/c1-17-5-4-14-7-12-8-15-13(18-12)16-9-10-2-3-11(16)6-10/h8,10-11,14H,2-7,9H2,1H3. The summed E-state index contributed by atoms with van der Waals surface area (Å²) < 4.78 is 5.02. The van der Waals surface area contributed by atoms with Gasteiger partial charge in [0.2, 0.25) is 0 Å². The van der Waals surface area contributed by atoms with Gasteiger partial charge in [0, 0.05) is 43.9 Å². The number of methoxy groups -OCH3 is 1. The molecular weight excluding hydrogens is 246 g/mol. The van der Waals surface area contributed by atoms with Crippen molar-refractivity contribution in [3.8, 4) is 0 Å². The Morgan fingerprint density at radius 3 is 3.22 bits per heavy atom. The minimum absolute atomic E-state index is 0.765. The highest BCUT2D eigenvalue weighted by atomic mass is 32.1. The van der Waals surface area contributed by atoms with E-state index in [0.29, 0.717) is 0 Å². The van der Waals surface area contributed by atoms with Crippen molar-refractivity contribution in [3.05, 3.63) is 11.1 Å². The number of nitrogens with zero attached hydrogens (tertiary/aromatic N) is 2. The molecule has 0 aromatic carbocycles. The Morgan fingerprint density at radius 1 is 1.56 bits per heavy atom. The van der Waals surface area contributed by atoms with Crippen molar-refractivity contribution in [1.82, 2.24) is 10.3 Å². The molecule has 1 aliphatic heterocycles. The van der Waals surface area contributed by atoms with Crippen molar-refractivity contribution in [2.75, 3.05) is 31.7 Å². The Kier molecular flexibility index (Phi) is 3.82. The van der Waals surface area contributed by atoms with Crippen LogP contribution in [0.2, 0.25) is 0 Å². The zero-order valence-corrected chi connectivity index (χ0v) is 11.7. The summed E-state index contributed by atoms with van der Waals surface area (Å²) >= 11 is 1.84. The number of anilines is 1. The predicted molar refractivity (Wildman–Crippen MR) is 74.2 cm³/mol. The molecule has 0 amide bonds. The summed E-state index contributed by atoms with van der Waals surface area (Å²) in [5, 5.41) is 4.59. The quantitative estimate of drug-likeness (QED) is 0.799. The average molecular weight is 267 g/mol. The van der Waals surface area contributed by atoms with Crippen LogP contribution in [0.15, 0.2) is 6.20 Å². The molecule has 1 saturated heterocycles. The Labute approximate surface area is 112 Å². The molecule has 0 spiro atoms. The Morgan fingerprint density at radius 2 is 2.50 bits per heavy atom. The molecule has 2 unspecified atom stereocenters. The molecule has 3 rings (SSSR count). The SMILES string of the molecule is COCCNCc1cnc(N2CC3CCC2C3)s1. The van der Waals surface area contributed by atoms with Gasteiger partial charge in [0.15, 0.2) is 5.13 Å². The maximum atomic E-state index is 5.02. The fourth-order valence-electron chi connectivity index (χ4n) is 3.06. The predicted octanol–water partition coefficient (Wildman–Crippen LogP) is 1.87. The first-order valence-electron chi connectivity index (χ1n) is 6.78. The molecule has 100 valence electrons. The van der Waals surface area contributed by atoms with Gasteiger partial charge < -0.3 is 15.0 Å². The number of aromatic nitrogens is 1. The Bertz CT molecular complexity index is 395. The van der Waals surface area contributed by atoms with Gasteiger partial charge in [0.25, 0.3) is 0 Å². The molecule has 1 aromatic heterocycles. The zero-order chi connectivity index (χ0) is 12.4. The van der Waals surface area contributed by atoms with Crippen molar-refractivity contribution in [3.63, 3.8) is 0 Å². The normalized spacial score (nSPS) is 26.2. The van der Waals surface area contributed by atoms with Crippen LogP contribution in [-0.4, -0.2) is 37.8 Å². The molecule has 2 aliphatic rings. The van der Waals surface area contributed by atoms with Gasteiger partial charge in [-0.25, -0.2) is 4.98 Å². The van der Waals surface area contributed by atoms with Crippen LogP contribution < -0.4 is 10.2 Å². The lowest BCUT2D eigenvalue weighted by Gasteiger charge is -2.26. The third-order valence-corrected chi connectivity index (χ3v) is 5.01. The molecule has 2 heterocycles. The van der Waals surface area contributed by atoms with Crippen molar-refractivity contribution in [2.45, 2.75) is 31.8 Å². The monoisotopic (exact) mass is 267 g/mol. The smallest absolute Gasteiger partial charge is 0.185 e. The highest BCUT2D eigenvalue weighted by molar-refractivity contribution is 7.15. The molecule has 0 radical (unpaired) electrons. The number of ether oxygens (including phenoxy) is 1. The molecule has 18 heavy (non-hydrogen) atoms. The van der Waals surface area contributed by atoms with E-state index in [-0.39, 0.29) is 0 Å². The molecular formula is C13H21N3OS. The van der Waals surface area contributed by atoms with Gasteiger partial charge in [-0.1, -0.05) is 0 Å². The van der Waals surface area contributed by atoms with Gasteiger partial charge >= 0.3 is 0 Å². The van der Waals surface area contributed by atoms with Gasteiger partial charge in [-0.3, -0.25) is 0 Å². The van der Waals surface area contributed by atoms with E-state index in [9.17, 15) is 0 Å². The topological polar surface area (TPSA) is 37.4 Å². The first-order valence-corrected chi connectivity index (χ1v) is 7.59. The number of hydrogen-bond donors (Lipinski definition) is 1. The molecule has 1 N–H and O–H groups in total. The van der Waals surface area contributed by atoms with Crippen molar-refractivity contribution in [2.24, 2.45) is 5.92 Å². The minimum atomic E-state index is 0.765. The molecule has 2 fully saturated rings. The number of thiazole rings is 1. The molecule has 2 atom stereocenters. The van der Waals surface area contributed by atoms with E-state index in [0.717, 1.165) is 31.7 Å². The Hall–Kier alpha value is -0.650. The van der Waals surface area contributed by atoms with Crippen molar-refractivity contribution < 1.29 is 4.74 Å². The molecule has 4 nitrogen and oxygen atoms in total. The number of fused-ring (bicyclic) bond motifs is 2. The van der Waals surface area contributed by atoms with E-state index in [2.05, 4.69) is 15.2 Å². The summed E-state index contributed by atoms with van der Waals surface area (Å²) in [5.74, 6) is 0.933. The van der Waals surface area contributed by atoms with E-state index in [1.54, 1.807) is 7.11 Å². The second-order valence-corrected chi connectivity index (χ2v) is 6.36. The van der Waals surface area contributed by atoms with E-state index in [1.807, 2.05) is 17.5 Å². The number of rotatable bonds is 6. The summed E-state index contributed by atoms with van der Waals surface area (Å²) in [6.07, 6.45) is 6.20. The second kappa shape index (κ2) is 5.55. The highest BCUT2D eigenvalue weighted by Crippen LogP contribution is 2.41. The lowest BCUT2D eigenvalue weighted by molar-refractivity contribution is 0.199. The van der Waals surface area contributed by atoms with Crippen molar-refractivity contribution >= 4 is 16.5 Å². The average Bonchev–Trinajstić information content (AvgIpc) is 3.09. The van der Waals surface area contributed by atoms with Crippen LogP contribution in [0.4, 0.5) is 5.13 Å². The van der Waals surface area contributed by atoms with Gasteiger partial charge in [0.1, 0.15) is 0 Å². The van der Waals surface area contributed by atoms with Crippen LogP contribution in [0.25, 0.3) is 0 Å². The lowest BCUT2D eigenvalue weighted by atomic mass is 10.1. The molecule has 2 bridgehead atoms.